The number of carboxylic acids is 1. The molecule has 0 unspecified atom stereocenters. The van der Waals surface area contributed by atoms with Gasteiger partial charge in [-0.05, 0) is 36.9 Å². The number of benzene rings is 2. The normalized spacial score (nSPS) is 10.3. The Morgan fingerprint density at radius 2 is 1.85 bits per heavy atom. The van der Waals surface area contributed by atoms with Gasteiger partial charge >= 0.3 is 5.97 Å². The zero-order chi connectivity index (χ0) is 14.7. The Morgan fingerprint density at radius 1 is 1.20 bits per heavy atom. The summed E-state index contributed by atoms with van der Waals surface area (Å²) < 4.78 is 19.4. The number of aromatic carboxylic acids is 1. The average molecular weight is 292 g/mol. The van der Waals surface area contributed by atoms with E-state index in [1.54, 1.807) is 37.4 Å². The molecule has 0 amide bonds. The Balaban J connectivity index is 2.48. The zero-order valence-electron chi connectivity index (χ0n) is 11.0. The van der Waals surface area contributed by atoms with Crippen LogP contribution in [0.4, 0.5) is 4.39 Å². The molecule has 0 saturated heterocycles. The summed E-state index contributed by atoms with van der Waals surface area (Å²) in [6.07, 6.45) is 1.78. The molecule has 5 heteroatoms. The largest absolute Gasteiger partial charge is 0.478 e. The molecular formula is C15H13FO3S. The first kappa shape index (κ1) is 14.4. The van der Waals surface area contributed by atoms with Gasteiger partial charge in [0.15, 0.2) is 11.6 Å². The maximum Gasteiger partial charge on any atom is 0.340 e. The molecular weight excluding hydrogens is 279 g/mol. The summed E-state index contributed by atoms with van der Waals surface area (Å²) in [4.78, 5) is 11.9. The first-order chi connectivity index (χ1) is 9.54. The minimum atomic E-state index is -1.10. The molecule has 0 bridgehead atoms. The minimum absolute atomic E-state index is 0.0192. The third-order valence-corrected chi connectivity index (χ3v) is 3.58. The van der Waals surface area contributed by atoms with E-state index in [0.29, 0.717) is 10.5 Å². The summed E-state index contributed by atoms with van der Waals surface area (Å²) in [7, 11) is 0. The van der Waals surface area contributed by atoms with Crippen LogP contribution in [0.3, 0.4) is 0 Å². The number of hydrogen-bond donors (Lipinski definition) is 1. The maximum atomic E-state index is 13.9. The molecule has 0 aliphatic rings. The average Bonchev–Trinajstić information content (AvgIpc) is 2.43. The summed E-state index contributed by atoms with van der Waals surface area (Å²) in [6, 6.07) is 9.64. The number of aryl methyl sites for hydroxylation is 1. The topological polar surface area (TPSA) is 46.5 Å². The molecule has 1 N–H and O–H groups in total. The van der Waals surface area contributed by atoms with Gasteiger partial charge in [0, 0.05) is 4.90 Å². The molecule has 3 nitrogen and oxygen atoms in total. The number of rotatable bonds is 4. The molecule has 0 aliphatic carbocycles. The van der Waals surface area contributed by atoms with Crippen molar-refractivity contribution in [2.24, 2.45) is 0 Å². The fourth-order valence-electron chi connectivity index (χ4n) is 1.79. The van der Waals surface area contributed by atoms with Crippen molar-refractivity contribution in [3.8, 4) is 11.5 Å². The van der Waals surface area contributed by atoms with Crippen LogP contribution in [0.5, 0.6) is 11.5 Å². The van der Waals surface area contributed by atoms with E-state index >= 15 is 0 Å². The van der Waals surface area contributed by atoms with Crippen LogP contribution in [0.1, 0.15) is 15.9 Å². The highest BCUT2D eigenvalue weighted by molar-refractivity contribution is 7.98. The standard InChI is InChI=1S/C15H13FO3S/c1-9-5-3-7-11(14(9)16)19-10-6-4-8-12(20-2)13(10)15(17)18/h3-8H,1-2H3,(H,17,18). The molecule has 0 aromatic heterocycles. The molecule has 0 spiro atoms. The monoisotopic (exact) mass is 292 g/mol. The Morgan fingerprint density at radius 3 is 2.50 bits per heavy atom. The van der Waals surface area contributed by atoms with Crippen LogP contribution in [0.25, 0.3) is 0 Å². The van der Waals surface area contributed by atoms with E-state index in [2.05, 4.69) is 0 Å². The second-order valence-corrected chi connectivity index (χ2v) is 4.98. The lowest BCUT2D eigenvalue weighted by atomic mass is 10.2. The van der Waals surface area contributed by atoms with Crippen molar-refractivity contribution in [3.05, 3.63) is 53.3 Å². The first-order valence-electron chi connectivity index (χ1n) is 5.88. The van der Waals surface area contributed by atoms with Crippen molar-refractivity contribution in [2.45, 2.75) is 11.8 Å². The molecule has 20 heavy (non-hydrogen) atoms. The van der Waals surface area contributed by atoms with Crippen molar-refractivity contribution in [2.75, 3.05) is 6.26 Å². The van der Waals surface area contributed by atoms with Crippen LogP contribution in [-0.4, -0.2) is 17.3 Å². The lowest BCUT2D eigenvalue weighted by molar-refractivity contribution is 0.0690. The highest BCUT2D eigenvalue weighted by atomic mass is 32.2. The number of ether oxygens (including phenoxy) is 1. The van der Waals surface area contributed by atoms with Gasteiger partial charge in [0.05, 0.1) is 0 Å². The van der Waals surface area contributed by atoms with Crippen LogP contribution in [0.15, 0.2) is 41.3 Å². The van der Waals surface area contributed by atoms with Crippen molar-refractivity contribution in [1.82, 2.24) is 0 Å². The van der Waals surface area contributed by atoms with Gasteiger partial charge in [0.25, 0.3) is 0 Å². The Bertz CT molecular complexity index is 656. The molecule has 0 radical (unpaired) electrons. The highest BCUT2D eigenvalue weighted by Crippen LogP contribution is 2.33. The van der Waals surface area contributed by atoms with Gasteiger partial charge in [-0.3, -0.25) is 0 Å². The van der Waals surface area contributed by atoms with Crippen LogP contribution >= 0.6 is 11.8 Å². The summed E-state index contributed by atoms with van der Waals surface area (Å²) in [6.45, 7) is 1.62. The first-order valence-corrected chi connectivity index (χ1v) is 7.10. The predicted molar refractivity (Wildman–Crippen MR) is 76.4 cm³/mol. The van der Waals surface area contributed by atoms with Crippen molar-refractivity contribution in [3.63, 3.8) is 0 Å². The summed E-state index contributed by atoms with van der Waals surface area (Å²) in [5.41, 5.74) is 0.487. The van der Waals surface area contributed by atoms with Gasteiger partial charge in [-0.1, -0.05) is 18.2 Å². The number of carbonyl (C=O) groups is 1. The van der Waals surface area contributed by atoms with Crippen LogP contribution < -0.4 is 4.74 Å². The number of thioether (sulfide) groups is 1. The van der Waals surface area contributed by atoms with E-state index in [4.69, 9.17) is 4.74 Å². The third-order valence-electron chi connectivity index (χ3n) is 2.80. The summed E-state index contributed by atoms with van der Waals surface area (Å²) in [5.74, 6) is -1.43. The Labute approximate surface area is 120 Å². The molecule has 104 valence electrons. The Kier molecular flexibility index (Phi) is 4.29. The fourth-order valence-corrected chi connectivity index (χ4v) is 2.40. The van der Waals surface area contributed by atoms with E-state index in [1.165, 1.54) is 23.9 Å². The third kappa shape index (κ3) is 2.77. The Hall–Kier alpha value is -2.01. The second-order valence-electron chi connectivity index (χ2n) is 4.13. The fraction of sp³-hybridized carbons (Fsp3) is 0.133. The van der Waals surface area contributed by atoms with Crippen molar-refractivity contribution >= 4 is 17.7 Å². The van der Waals surface area contributed by atoms with E-state index < -0.39 is 11.8 Å². The van der Waals surface area contributed by atoms with Gasteiger partial charge in [-0.15, -0.1) is 11.8 Å². The molecule has 2 rings (SSSR count). The molecule has 2 aromatic rings. The van der Waals surface area contributed by atoms with E-state index in [9.17, 15) is 14.3 Å². The smallest absolute Gasteiger partial charge is 0.340 e. The molecule has 2 aromatic carbocycles. The van der Waals surface area contributed by atoms with Gasteiger partial charge in [-0.2, -0.15) is 0 Å². The van der Waals surface area contributed by atoms with Gasteiger partial charge in [0.1, 0.15) is 11.3 Å². The van der Waals surface area contributed by atoms with Gasteiger partial charge in [0.2, 0.25) is 0 Å². The molecule has 0 saturated carbocycles. The molecule has 0 aliphatic heterocycles. The lowest BCUT2D eigenvalue weighted by Crippen LogP contribution is -2.03. The minimum Gasteiger partial charge on any atom is -0.478 e. The van der Waals surface area contributed by atoms with Crippen LogP contribution in [-0.2, 0) is 0 Å². The van der Waals surface area contributed by atoms with Crippen LogP contribution in [0.2, 0.25) is 0 Å². The second kappa shape index (κ2) is 5.96. The molecule has 0 fully saturated rings. The van der Waals surface area contributed by atoms with E-state index in [-0.39, 0.29) is 17.1 Å². The summed E-state index contributed by atoms with van der Waals surface area (Å²) >= 11 is 1.30. The number of halogens is 1. The quantitative estimate of drug-likeness (QED) is 0.851. The maximum absolute atomic E-state index is 13.9. The predicted octanol–water partition coefficient (Wildman–Crippen LogP) is 4.35. The van der Waals surface area contributed by atoms with Gasteiger partial charge < -0.3 is 9.84 Å². The SMILES string of the molecule is CSc1cccc(Oc2cccc(C)c2F)c1C(=O)O. The highest BCUT2D eigenvalue weighted by Gasteiger charge is 2.18. The lowest BCUT2D eigenvalue weighted by Gasteiger charge is -2.12. The molecule has 0 heterocycles. The molecule has 0 atom stereocenters. The number of carboxylic acid groups (broad SMARTS) is 1. The van der Waals surface area contributed by atoms with Crippen molar-refractivity contribution < 1.29 is 19.0 Å². The van der Waals surface area contributed by atoms with Crippen LogP contribution in [0, 0.1) is 12.7 Å². The van der Waals surface area contributed by atoms with Gasteiger partial charge in [-0.25, -0.2) is 9.18 Å². The zero-order valence-corrected chi connectivity index (χ0v) is 11.8. The van der Waals surface area contributed by atoms with Crippen molar-refractivity contribution in [1.29, 1.82) is 0 Å². The van der Waals surface area contributed by atoms with E-state index in [0.717, 1.165) is 0 Å². The van der Waals surface area contributed by atoms with E-state index in [1.807, 2.05) is 0 Å². The summed E-state index contributed by atoms with van der Waals surface area (Å²) in [5, 5.41) is 9.29. The number of hydrogen-bond acceptors (Lipinski definition) is 3.